The summed E-state index contributed by atoms with van der Waals surface area (Å²) in [4.78, 5) is 48.7. The number of H-pyrrole nitrogens is 1. The number of fused-ring (bicyclic) bond motifs is 1. The highest BCUT2D eigenvalue weighted by Gasteiger charge is 2.35. The van der Waals surface area contributed by atoms with Gasteiger partial charge in [0.05, 0.1) is 32.8 Å². The fourth-order valence-electron chi connectivity index (χ4n) is 5.41. The number of anilines is 3. The maximum atomic E-state index is 13.4. The van der Waals surface area contributed by atoms with E-state index in [0.717, 1.165) is 32.4 Å². The minimum atomic E-state index is -1.02. The van der Waals surface area contributed by atoms with Crippen LogP contribution < -0.4 is 35.3 Å². The Labute approximate surface area is 231 Å². The van der Waals surface area contributed by atoms with Crippen molar-refractivity contribution in [3.8, 4) is 17.2 Å². The van der Waals surface area contributed by atoms with E-state index in [1.54, 1.807) is 12.1 Å². The van der Waals surface area contributed by atoms with E-state index in [1.807, 2.05) is 11.0 Å². The van der Waals surface area contributed by atoms with Gasteiger partial charge < -0.3 is 29.7 Å². The number of hydrogen-bond donors (Lipinski definition) is 3. The van der Waals surface area contributed by atoms with Gasteiger partial charge >= 0.3 is 0 Å². The van der Waals surface area contributed by atoms with Crippen molar-refractivity contribution >= 4 is 29.3 Å². The summed E-state index contributed by atoms with van der Waals surface area (Å²) >= 11 is 0. The van der Waals surface area contributed by atoms with Gasteiger partial charge in [-0.2, -0.15) is 4.98 Å². The molecule has 5 rings (SSSR count). The molecular weight excluding hydrogens is 514 g/mol. The topological polar surface area (TPSA) is 135 Å². The Bertz CT molecular complexity index is 1420. The average Bonchev–Trinajstić information content (AvgIpc) is 2.96. The number of benzene rings is 2. The third-order valence-corrected chi connectivity index (χ3v) is 7.47. The first-order valence-electron chi connectivity index (χ1n) is 13.2. The number of nitrogens with zero attached hydrogens (tertiary/aromatic N) is 2. The van der Waals surface area contributed by atoms with Gasteiger partial charge in [0.1, 0.15) is 5.82 Å². The quantitative estimate of drug-likeness (QED) is 0.391. The third kappa shape index (κ3) is 5.58. The van der Waals surface area contributed by atoms with Gasteiger partial charge in [-0.25, -0.2) is 0 Å². The summed E-state index contributed by atoms with van der Waals surface area (Å²) in [5.41, 5.74) is 1.37. The van der Waals surface area contributed by atoms with E-state index in [1.165, 1.54) is 26.9 Å². The van der Waals surface area contributed by atoms with E-state index in [2.05, 4.69) is 44.9 Å². The Hall–Kier alpha value is -4.54. The van der Waals surface area contributed by atoms with E-state index in [9.17, 15) is 14.4 Å². The number of carbonyl (C=O) groups is 2. The molecule has 1 saturated heterocycles. The van der Waals surface area contributed by atoms with Crippen LogP contribution in [0.1, 0.15) is 36.3 Å². The largest absolute Gasteiger partial charge is 0.493 e. The molecule has 2 aromatic carbocycles. The molecule has 1 fully saturated rings. The summed E-state index contributed by atoms with van der Waals surface area (Å²) in [5, 5.41) is 5.47. The fourth-order valence-corrected chi connectivity index (χ4v) is 5.41. The second-order valence-electron chi connectivity index (χ2n) is 9.98. The van der Waals surface area contributed by atoms with Crippen LogP contribution in [0.15, 0.2) is 47.3 Å². The summed E-state index contributed by atoms with van der Waals surface area (Å²) in [6, 6.07) is 13.6. The van der Waals surface area contributed by atoms with Crippen molar-refractivity contribution in [1.82, 2.24) is 9.97 Å². The molecule has 0 saturated carbocycles. The van der Waals surface area contributed by atoms with Gasteiger partial charge in [-0.05, 0) is 30.7 Å². The lowest BCUT2D eigenvalue weighted by Gasteiger charge is -2.33. The summed E-state index contributed by atoms with van der Waals surface area (Å²) in [7, 11) is 4.43. The molecule has 1 aromatic heterocycles. The van der Waals surface area contributed by atoms with Crippen LogP contribution in [0.4, 0.5) is 17.5 Å². The third-order valence-electron chi connectivity index (χ3n) is 7.47. The second kappa shape index (κ2) is 11.7. The van der Waals surface area contributed by atoms with E-state index < -0.39 is 17.4 Å². The summed E-state index contributed by atoms with van der Waals surface area (Å²) < 4.78 is 16.0. The molecule has 0 spiro atoms. The second-order valence-corrected chi connectivity index (χ2v) is 9.98. The number of hydrogen-bond acceptors (Lipinski definition) is 8. The molecule has 0 radical (unpaired) electrons. The zero-order valence-corrected chi connectivity index (χ0v) is 22.8. The van der Waals surface area contributed by atoms with Crippen LogP contribution in [0.25, 0.3) is 0 Å². The normalized spacial score (nSPS) is 17.0. The van der Waals surface area contributed by atoms with Gasteiger partial charge in [0, 0.05) is 37.3 Å². The molecule has 1 atom stereocenters. The summed E-state index contributed by atoms with van der Waals surface area (Å²) in [5.74, 6) is 0.222. The summed E-state index contributed by atoms with van der Waals surface area (Å²) in [6.07, 6.45) is 2.75. The van der Waals surface area contributed by atoms with Crippen LogP contribution in [0.3, 0.4) is 0 Å². The number of amides is 2. The van der Waals surface area contributed by atoms with Crippen molar-refractivity contribution in [2.75, 3.05) is 50.0 Å². The maximum absolute atomic E-state index is 13.4. The number of methoxy groups -OCH3 is 3. The van der Waals surface area contributed by atoms with Gasteiger partial charge in [0.15, 0.2) is 11.5 Å². The summed E-state index contributed by atoms with van der Waals surface area (Å²) in [6.45, 7) is 1.47. The van der Waals surface area contributed by atoms with E-state index >= 15 is 0 Å². The van der Waals surface area contributed by atoms with Crippen molar-refractivity contribution in [3.63, 3.8) is 0 Å². The molecule has 40 heavy (non-hydrogen) atoms. The first-order valence-corrected chi connectivity index (χ1v) is 13.2. The molecule has 3 heterocycles. The Kier molecular flexibility index (Phi) is 7.90. The van der Waals surface area contributed by atoms with Crippen LogP contribution in [-0.2, 0) is 16.0 Å². The van der Waals surface area contributed by atoms with Crippen molar-refractivity contribution in [1.29, 1.82) is 0 Å². The molecule has 2 aliphatic heterocycles. The molecule has 210 valence electrons. The van der Waals surface area contributed by atoms with Crippen LogP contribution in [0.5, 0.6) is 17.2 Å². The lowest BCUT2D eigenvalue weighted by molar-refractivity contribution is -0.123. The molecule has 0 aliphatic carbocycles. The first kappa shape index (κ1) is 27.0. The lowest BCUT2D eigenvalue weighted by Crippen LogP contribution is -2.40. The van der Waals surface area contributed by atoms with Crippen molar-refractivity contribution in [2.45, 2.75) is 31.6 Å². The maximum Gasteiger partial charge on any atom is 0.258 e. The average molecular weight is 548 g/mol. The first-order chi connectivity index (χ1) is 19.4. The minimum absolute atomic E-state index is 0.117. The van der Waals surface area contributed by atoms with Crippen LogP contribution in [0.2, 0.25) is 0 Å². The highest BCUT2D eigenvalue weighted by atomic mass is 16.5. The van der Waals surface area contributed by atoms with E-state index in [4.69, 9.17) is 14.2 Å². The van der Waals surface area contributed by atoms with Crippen molar-refractivity contribution in [2.24, 2.45) is 5.92 Å². The number of nitrogens with one attached hydrogen (secondary N) is 3. The smallest absolute Gasteiger partial charge is 0.258 e. The Balaban J connectivity index is 1.33. The van der Waals surface area contributed by atoms with Gasteiger partial charge in [-0.1, -0.05) is 30.3 Å². The molecule has 1 unspecified atom stereocenters. The predicted molar refractivity (Wildman–Crippen MR) is 151 cm³/mol. The Morgan fingerprint density at radius 1 is 1.02 bits per heavy atom. The number of carbonyl (C=O) groups excluding carboxylic acids is 2. The highest BCUT2D eigenvalue weighted by Crippen LogP contribution is 2.40. The zero-order valence-electron chi connectivity index (χ0n) is 22.8. The molecule has 0 bridgehead atoms. The molecule has 11 heteroatoms. The number of piperidine rings is 1. The van der Waals surface area contributed by atoms with Gasteiger partial charge in [0.2, 0.25) is 23.5 Å². The fraction of sp³-hybridized carbons (Fsp3) is 0.379. The molecular formula is C29H33N5O6. The van der Waals surface area contributed by atoms with Gasteiger partial charge in [-0.3, -0.25) is 19.4 Å². The molecule has 2 aliphatic rings. The minimum Gasteiger partial charge on any atom is -0.493 e. The molecule has 3 aromatic rings. The van der Waals surface area contributed by atoms with Crippen molar-refractivity contribution < 1.29 is 23.8 Å². The number of ether oxygens (including phenoxy) is 3. The number of aromatic nitrogens is 2. The van der Waals surface area contributed by atoms with Crippen LogP contribution in [-0.4, -0.2) is 56.2 Å². The number of rotatable bonds is 8. The van der Waals surface area contributed by atoms with E-state index in [-0.39, 0.29) is 23.7 Å². The molecule has 11 nitrogen and oxygen atoms in total. The Morgan fingerprint density at radius 2 is 1.70 bits per heavy atom. The predicted octanol–water partition coefficient (Wildman–Crippen LogP) is 3.32. The number of aromatic amines is 1. The molecule has 2 amide bonds. The van der Waals surface area contributed by atoms with E-state index in [0.29, 0.717) is 34.8 Å². The zero-order chi connectivity index (χ0) is 28.2. The van der Waals surface area contributed by atoms with Crippen LogP contribution in [0, 0.1) is 5.92 Å². The monoisotopic (exact) mass is 547 g/mol. The lowest BCUT2D eigenvalue weighted by atomic mass is 9.90. The standard InChI is InChI=1S/C29H33N5O6/c1-38-21-14-19(15-22(39-2)25(21)40-3)30-27(36)20-16-23(35)31-26-24(20)28(37)33-29(32-26)34-11-9-18(10-12-34)13-17-7-5-4-6-8-17/h4-8,14-15,18,20H,9-13,16H2,1-3H3,(H,30,36)(H2,31,32,33,35,37). The Morgan fingerprint density at radius 3 is 2.33 bits per heavy atom. The SMILES string of the molecule is COc1cc(NC(=O)C2CC(=O)Nc3nc(N4CCC(Cc5ccccc5)CC4)[nH]c(=O)c32)cc(OC)c1OC. The molecule has 3 N–H and O–H groups in total. The van der Waals surface area contributed by atoms with Gasteiger partial charge in [0.25, 0.3) is 5.56 Å². The highest BCUT2D eigenvalue weighted by molar-refractivity contribution is 6.04. The van der Waals surface area contributed by atoms with Crippen LogP contribution >= 0.6 is 0 Å². The van der Waals surface area contributed by atoms with Gasteiger partial charge in [-0.15, -0.1) is 0 Å². The van der Waals surface area contributed by atoms with Crippen molar-refractivity contribution in [3.05, 3.63) is 63.9 Å².